The zero-order valence-electron chi connectivity index (χ0n) is 17.5. The minimum absolute atomic E-state index is 0.0763. The van der Waals surface area contributed by atoms with Crippen LogP contribution >= 0.6 is 0 Å². The summed E-state index contributed by atoms with van der Waals surface area (Å²) in [5.41, 5.74) is 16.2. The maximum atomic E-state index is 12.3. The average molecular weight is 452 g/mol. The number of anilines is 1. The molecule has 1 aromatic rings. The molecule has 0 spiro atoms. The summed E-state index contributed by atoms with van der Waals surface area (Å²) < 4.78 is 6.50. The van der Waals surface area contributed by atoms with Gasteiger partial charge in [0.05, 0.1) is 12.6 Å². The van der Waals surface area contributed by atoms with E-state index in [0.717, 1.165) is 4.57 Å². The molecule has 0 bridgehead atoms. The van der Waals surface area contributed by atoms with Crippen LogP contribution < -0.4 is 28.2 Å². The molecular formula is C18H28N8O6. The van der Waals surface area contributed by atoms with Gasteiger partial charge in [-0.1, -0.05) is 6.08 Å². The molecule has 0 aromatic carbocycles. The van der Waals surface area contributed by atoms with Crippen molar-refractivity contribution in [1.29, 1.82) is 5.41 Å². The number of aliphatic hydroxyl groups excluding tert-OH is 1. The molecule has 1 amide bonds. The number of nitrogens with one attached hydrogen (secondary N) is 2. The number of guanidine groups is 1. The lowest BCUT2D eigenvalue weighted by Crippen LogP contribution is -2.51. The summed E-state index contributed by atoms with van der Waals surface area (Å²) in [4.78, 5) is 41.2. The molecule has 10 N–H and O–H groups in total. The van der Waals surface area contributed by atoms with Crippen LogP contribution in [-0.2, 0) is 20.9 Å². The van der Waals surface area contributed by atoms with Gasteiger partial charge in [-0.2, -0.15) is 4.98 Å². The Bertz CT molecular complexity index is 948. The number of nitrogens with two attached hydrogens (primary N) is 3. The second kappa shape index (κ2) is 10.7. The van der Waals surface area contributed by atoms with Crippen LogP contribution in [0.5, 0.6) is 0 Å². The molecule has 1 aliphatic rings. The van der Waals surface area contributed by atoms with Crippen LogP contribution in [0.4, 0.5) is 5.82 Å². The fourth-order valence-corrected chi connectivity index (χ4v) is 2.98. The zero-order chi connectivity index (χ0) is 24.0. The number of aliphatic carboxylic acids is 1. The smallest absolute Gasteiger partial charge is 0.351 e. The third kappa shape index (κ3) is 6.26. The van der Waals surface area contributed by atoms with Gasteiger partial charge in [-0.3, -0.25) is 14.8 Å². The molecule has 14 heteroatoms. The standard InChI is InChI=1S/C18H28N8O6/c1-25(17(21)22)5-4-10(19)6-12(28)23-11-2-3-13(32-14(11)16(29)30)26-7-9(8-27)15(20)24-18(26)31/h2-3,7,10-11,13-14,27H,4-6,8,19H2,1H3,(H3,21,22)(H,23,28)(H,29,30)(H2,20,24,31). The highest BCUT2D eigenvalue weighted by molar-refractivity contribution is 5.80. The molecule has 14 nitrogen and oxygen atoms in total. The first-order chi connectivity index (χ1) is 15.0. The maximum Gasteiger partial charge on any atom is 0.351 e. The normalized spacial score (nSPS) is 21.0. The van der Waals surface area contributed by atoms with Gasteiger partial charge in [0.15, 0.2) is 18.3 Å². The summed E-state index contributed by atoms with van der Waals surface area (Å²) in [7, 11) is 1.62. The number of hydrogen-bond acceptors (Lipinski definition) is 9. The summed E-state index contributed by atoms with van der Waals surface area (Å²) in [6.07, 6.45) is 1.73. The van der Waals surface area contributed by atoms with E-state index in [-0.39, 0.29) is 23.8 Å². The number of rotatable bonds is 9. The quantitative estimate of drug-likeness (QED) is 0.115. The molecule has 176 valence electrons. The Hall–Kier alpha value is -3.49. The van der Waals surface area contributed by atoms with E-state index in [9.17, 15) is 24.6 Å². The highest BCUT2D eigenvalue weighted by Crippen LogP contribution is 2.21. The van der Waals surface area contributed by atoms with Crippen molar-refractivity contribution in [1.82, 2.24) is 19.8 Å². The molecule has 0 saturated carbocycles. The predicted octanol–water partition coefficient (Wildman–Crippen LogP) is -2.73. The van der Waals surface area contributed by atoms with Gasteiger partial charge in [-0.25, -0.2) is 9.59 Å². The first kappa shape index (κ1) is 24.8. The molecule has 0 aliphatic carbocycles. The summed E-state index contributed by atoms with van der Waals surface area (Å²) in [5, 5.41) is 28.7. The number of aromatic nitrogens is 2. The van der Waals surface area contributed by atoms with Gasteiger partial charge in [0.2, 0.25) is 5.91 Å². The Labute approximate surface area is 183 Å². The van der Waals surface area contributed by atoms with Gasteiger partial charge in [-0.05, 0) is 12.5 Å². The van der Waals surface area contributed by atoms with Crippen molar-refractivity contribution < 1.29 is 24.5 Å². The van der Waals surface area contributed by atoms with Crippen LogP contribution in [0.2, 0.25) is 0 Å². The van der Waals surface area contributed by atoms with Crippen LogP contribution in [0.3, 0.4) is 0 Å². The molecule has 0 saturated heterocycles. The van der Waals surface area contributed by atoms with Crippen molar-refractivity contribution in [2.24, 2.45) is 11.5 Å². The van der Waals surface area contributed by atoms with Gasteiger partial charge >= 0.3 is 11.7 Å². The van der Waals surface area contributed by atoms with E-state index < -0.39 is 48.6 Å². The van der Waals surface area contributed by atoms with E-state index in [1.54, 1.807) is 7.05 Å². The Balaban J connectivity index is 2.07. The van der Waals surface area contributed by atoms with Gasteiger partial charge in [0.25, 0.3) is 0 Å². The Morgan fingerprint density at radius 2 is 2.12 bits per heavy atom. The van der Waals surface area contributed by atoms with Crippen molar-refractivity contribution in [2.45, 2.75) is 43.9 Å². The fourth-order valence-electron chi connectivity index (χ4n) is 2.98. The van der Waals surface area contributed by atoms with Crippen LogP contribution in [-0.4, -0.2) is 74.3 Å². The van der Waals surface area contributed by atoms with Crippen molar-refractivity contribution >= 4 is 23.7 Å². The number of nitrogen functional groups attached to an aromatic ring is 1. The summed E-state index contributed by atoms with van der Waals surface area (Å²) in [6.45, 7) is -0.0884. The molecule has 2 heterocycles. The number of aliphatic hydroxyl groups is 1. The highest BCUT2D eigenvalue weighted by atomic mass is 16.5. The van der Waals surface area contributed by atoms with Crippen LogP contribution in [0.25, 0.3) is 0 Å². The molecule has 32 heavy (non-hydrogen) atoms. The van der Waals surface area contributed by atoms with Crippen molar-refractivity contribution in [3.05, 3.63) is 34.4 Å². The summed E-state index contributed by atoms with van der Waals surface area (Å²) in [5.74, 6) is -2.10. The first-order valence-corrected chi connectivity index (χ1v) is 9.68. The first-order valence-electron chi connectivity index (χ1n) is 9.68. The predicted molar refractivity (Wildman–Crippen MR) is 113 cm³/mol. The van der Waals surface area contributed by atoms with Crippen molar-refractivity contribution in [3.63, 3.8) is 0 Å². The molecule has 4 unspecified atom stereocenters. The highest BCUT2D eigenvalue weighted by Gasteiger charge is 2.35. The number of hydrogen-bond donors (Lipinski definition) is 7. The number of carboxylic acids is 1. The molecule has 1 aromatic heterocycles. The molecule has 1 aliphatic heterocycles. The number of carbonyl (C=O) groups excluding carboxylic acids is 1. The van der Waals surface area contributed by atoms with Crippen LogP contribution in [0.15, 0.2) is 23.1 Å². The lowest BCUT2D eigenvalue weighted by atomic mass is 10.1. The van der Waals surface area contributed by atoms with Gasteiger partial charge in [0.1, 0.15) is 5.82 Å². The minimum atomic E-state index is -1.49. The number of ether oxygens (including phenoxy) is 1. The number of amides is 1. The van der Waals surface area contributed by atoms with E-state index in [0.29, 0.717) is 13.0 Å². The Morgan fingerprint density at radius 1 is 1.44 bits per heavy atom. The average Bonchev–Trinajstić information content (AvgIpc) is 2.72. The molecule has 4 atom stereocenters. The molecule has 0 fully saturated rings. The van der Waals surface area contributed by atoms with E-state index in [1.165, 1.54) is 23.2 Å². The van der Waals surface area contributed by atoms with E-state index in [4.69, 9.17) is 27.3 Å². The fraction of sp³-hybridized carbons (Fsp3) is 0.500. The minimum Gasteiger partial charge on any atom is -0.479 e. The molecular weight excluding hydrogens is 424 g/mol. The third-order valence-electron chi connectivity index (χ3n) is 4.87. The SMILES string of the molecule is CN(CCC(N)CC(=O)NC1C=CC(n2cc(CO)c(N)nc2=O)OC1C(=O)O)C(=N)N. The van der Waals surface area contributed by atoms with Crippen LogP contribution in [0.1, 0.15) is 24.6 Å². The van der Waals surface area contributed by atoms with E-state index >= 15 is 0 Å². The monoisotopic (exact) mass is 452 g/mol. The Morgan fingerprint density at radius 3 is 2.72 bits per heavy atom. The summed E-state index contributed by atoms with van der Waals surface area (Å²) in [6, 6.07) is -1.53. The lowest BCUT2D eigenvalue weighted by molar-refractivity contribution is -0.159. The van der Waals surface area contributed by atoms with E-state index in [1.807, 2.05) is 0 Å². The largest absolute Gasteiger partial charge is 0.479 e. The number of carbonyl (C=O) groups is 2. The summed E-state index contributed by atoms with van der Waals surface area (Å²) >= 11 is 0. The van der Waals surface area contributed by atoms with Gasteiger partial charge < -0.3 is 42.4 Å². The zero-order valence-corrected chi connectivity index (χ0v) is 17.5. The second-order valence-electron chi connectivity index (χ2n) is 7.32. The maximum absolute atomic E-state index is 12.3. The Kier molecular flexibility index (Phi) is 8.28. The topological polar surface area (TPSA) is 236 Å². The van der Waals surface area contributed by atoms with E-state index in [2.05, 4.69) is 10.3 Å². The lowest BCUT2D eigenvalue weighted by Gasteiger charge is -2.31. The van der Waals surface area contributed by atoms with Gasteiger partial charge in [0, 0.05) is 37.8 Å². The van der Waals surface area contributed by atoms with Crippen LogP contribution in [0, 0.1) is 5.41 Å². The van der Waals surface area contributed by atoms with Crippen molar-refractivity contribution in [2.75, 3.05) is 19.3 Å². The molecule has 2 rings (SSSR count). The molecule has 0 radical (unpaired) electrons. The number of carboxylic acid groups (broad SMARTS) is 1. The third-order valence-corrected chi connectivity index (χ3v) is 4.87. The number of nitrogens with zero attached hydrogens (tertiary/aromatic N) is 3. The van der Waals surface area contributed by atoms with Crippen molar-refractivity contribution in [3.8, 4) is 0 Å². The second-order valence-corrected chi connectivity index (χ2v) is 7.32. The van der Waals surface area contributed by atoms with Gasteiger partial charge in [-0.15, -0.1) is 0 Å².